The van der Waals surface area contributed by atoms with E-state index in [1.165, 1.54) is 18.5 Å². The van der Waals surface area contributed by atoms with Crippen molar-refractivity contribution in [3.05, 3.63) is 67.0 Å². The molecule has 0 bridgehead atoms. The molecule has 1 aromatic heterocycles. The lowest BCUT2D eigenvalue weighted by atomic mass is 10.2. The van der Waals surface area contributed by atoms with Crippen molar-refractivity contribution < 1.29 is 4.39 Å². The van der Waals surface area contributed by atoms with Crippen LogP contribution in [0.2, 0.25) is 0 Å². The number of benzene rings is 2. The molecule has 0 saturated heterocycles. The van der Waals surface area contributed by atoms with Crippen LogP contribution in [0.15, 0.2) is 61.2 Å². The molecule has 0 aliphatic carbocycles. The fraction of sp³-hybridized carbons (Fsp3) is 0.158. The second kappa shape index (κ2) is 7.97. The van der Waals surface area contributed by atoms with Crippen LogP contribution < -0.4 is 10.2 Å². The maximum absolute atomic E-state index is 13.0. The van der Waals surface area contributed by atoms with Crippen molar-refractivity contribution in [2.45, 2.75) is 6.54 Å². The SMILES string of the molecule is C#CCN(CCn1cncn1)c1cccc(Nc2ccc(F)cc2)c1. The molecule has 0 aliphatic heterocycles. The topological polar surface area (TPSA) is 46.0 Å². The van der Waals surface area contributed by atoms with Gasteiger partial charge in [-0.05, 0) is 42.5 Å². The molecule has 3 aromatic rings. The fourth-order valence-electron chi connectivity index (χ4n) is 2.46. The Morgan fingerprint density at radius 3 is 2.72 bits per heavy atom. The van der Waals surface area contributed by atoms with E-state index in [0.29, 0.717) is 19.6 Å². The molecule has 0 radical (unpaired) electrons. The Bertz CT molecular complexity index is 837. The molecule has 1 heterocycles. The van der Waals surface area contributed by atoms with E-state index >= 15 is 0 Å². The third-order valence-corrected chi connectivity index (χ3v) is 3.69. The number of nitrogens with zero attached hydrogens (tertiary/aromatic N) is 4. The summed E-state index contributed by atoms with van der Waals surface area (Å²) in [6.45, 7) is 1.90. The second-order valence-electron chi connectivity index (χ2n) is 5.47. The summed E-state index contributed by atoms with van der Waals surface area (Å²) in [7, 11) is 0. The van der Waals surface area contributed by atoms with Gasteiger partial charge in [-0.1, -0.05) is 12.0 Å². The Morgan fingerprint density at radius 1 is 1.16 bits per heavy atom. The largest absolute Gasteiger partial charge is 0.358 e. The van der Waals surface area contributed by atoms with E-state index in [1.54, 1.807) is 23.1 Å². The summed E-state index contributed by atoms with van der Waals surface area (Å²) in [5, 5.41) is 7.37. The van der Waals surface area contributed by atoms with Gasteiger partial charge >= 0.3 is 0 Å². The fourth-order valence-corrected chi connectivity index (χ4v) is 2.46. The standard InChI is InChI=1S/C19H18FN5/c1-2-10-24(11-12-25-15-21-14-22-25)19-5-3-4-18(13-19)23-17-8-6-16(20)7-9-17/h1,3-9,13-15,23H,10-12H2. The first kappa shape index (κ1) is 16.5. The Kier molecular flexibility index (Phi) is 5.27. The smallest absolute Gasteiger partial charge is 0.137 e. The van der Waals surface area contributed by atoms with Crippen molar-refractivity contribution in [2.75, 3.05) is 23.3 Å². The van der Waals surface area contributed by atoms with E-state index in [-0.39, 0.29) is 5.82 Å². The predicted molar refractivity (Wildman–Crippen MR) is 97.2 cm³/mol. The molecule has 0 saturated carbocycles. The van der Waals surface area contributed by atoms with Gasteiger partial charge in [0.05, 0.1) is 13.1 Å². The average molecular weight is 335 g/mol. The summed E-state index contributed by atoms with van der Waals surface area (Å²) in [6, 6.07) is 14.2. The Labute approximate surface area is 146 Å². The highest BCUT2D eigenvalue weighted by Crippen LogP contribution is 2.23. The van der Waals surface area contributed by atoms with Crippen LogP contribution in [-0.2, 0) is 6.54 Å². The highest BCUT2D eigenvalue weighted by Gasteiger charge is 2.07. The van der Waals surface area contributed by atoms with Crippen molar-refractivity contribution >= 4 is 17.1 Å². The van der Waals surface area contributed by atoms with Crippen LogP contribution in [0.4, 0.5) is 21.5 Å². The summed E-state index contributed by atoms with van der Waals surface area (Å²) in [4.78, 5) is 6.04. The predicted octanol–water partition coefficient (Wildman–Crippen LogP) is 3.30. The third kappa shape index (κ3) is 4.58. The highest BCUT2D eigenvalue weighted by atomic mass is 19.1. The number of halogens is 1. The first-order valence-electron chi connectivity index (χ1n) is 7.88. The minimum atomic E-state index is -0.257. The monoisotopic (exact) mass is 335 g/mol. The van der Waals surface area contributed by atoms with Crippen LogP contribution in [0.3, 0.4) is 0 Å². The molecule has 126 valence electrons. The summed E-state index contributed by atoms with van der Waals surface area (Å²) >= 11 is 0. The molecule has 0 spiro atoms. The number of aromatic nitrogens is 3. The molecule has 25 heavy (non-hydrogen) atoms. The van der Waals surface area contributed by atoms with E-state index in [4.69, 9.17) is 6.42 Å². The van der Waals surface area contributed by atoms with Crippen molar-refractivity contribution in [3.63, 3.8) is 0 Å². The number of anilines is 3. The number of hydrogen-bond donors (Lipinski definition) is 1. The zero-order valence-corrected chi connectivity index (χ0v) is 13.6. The maximum atomic E-state index is 13.0. The van der Waals surface area contributed by atoms with Gasteiger partial charge in [0, 0.05) is 23.6 Å². The van der Waals surface area contributed by atoms with Crippen LogP contribution in [0.5, 0.6) is 0 Å². The first-order chi connectivity index (χ1) is 12.2. The molecule has 6 heteroatoms. The summed E-state index contributed by atoms with van der Waals surface area (Å²) < 4.78 is 14.8. The summed E-state index contributed by atoms with van der Waals surface area (Å²) in [5.41, 5.74) is 2.74. The molecular formula is C19H18FN5. The number of nitrogens with one attached hydrogen (secondary N) is 1. The molecule has 0 unspecified atom stereocenters. The number of rotatable bonds is 7. The summed E-state index contributed by atoms with van der Waals surface area (Å²) in [5.74, 6) is 2.43. The maximum Gasteiger partial charge on any atom is 0.137 e. The third-order valence-electron chi connectivity index (χ3n) is 3.69. The normalized spacial score (nSPS) is 10.2. The van der Waals surface area contributed by atoms with Gasteiger partial charge in [0.1, 0.15) is 18.5 Å². The van der Waals surface area contributed by atoms with Crippen LogP contribution in [0, 0.1) is 18.2 Å². The van der Waals surface area contributed by atoms with E-state index in [2.05, 4.69) is 26.2 Å². The Morgan fingerprint density at radius 2 is 2.00 bits per heavy atom. The van der Waals surface area contributed by atoms with Gasteiger partial charge < -0.3 is 10.2 Å². The molecule has 0 aliphatic rings. The Hall–Kier alpha value is -3.33. The minimum Gasteiger partial charge on any atom is -0.358 e. The van der Waals surface area contributed by atoms with Crippen LogP contribution in [0.25, 0.3) is 0 Å². The van der Waals surface area contributed by atoms with Crippen molar-refractivity contribution in [2.24, 2.45) is 0 Å². The van der Waals surface area contributed by atoms with Gasteiger partial charge in [-0.25, -0.2) is 9.37 Å². The summed E-state index contributed by atoms with van der Waals surface area (Å²) in [6.07, 6.45) is 8.71. The van der Waals surface area contributed by atoms with E-state index in [0.717, 1.165) is 17.1 Å². The van der Waals surface area contributed by atoms with Crippen molar-refractivity contribution in [1.29, 1.82) is 0 Å². The van der Waals surface area contributed by atoms with Gasteiger partial charge in [0.25, 0.3) is 0 Å². The first-order valence-corrected chi connectivity index (χ1v) is 7.88. The van der Waals surface area contributed by atoms with Crippen molar-refractivity contribution in [3.8, 4) is 12.3 Å². The molecule has 2 aromatic carbocycles. The van der Waals surface area contributed by atoms with Gasteiger partial charge in [0.15, 0.2) is 0 Å². The van der Waals surface area contributed by atoms with Gasteiger partial charge in [-0.3, -0.25) is 4.68 Å². The van der Waals surface area contributed by atoms with Crippen LogP contribution in [0.1, 0.15) is 0 Å². The molecule has 3 rings (SSSR count). The van der Waals surface area contributed by atoms with E-state index in [1.807, 2.05) is 24.3 Å². The lowest BCUT2D eigenvalue weighted by Crippen LogP contribution is -2.28. The lowest BCUT2D eigenvalue weighted by Gasteiger charge is -2.23. The van der Waals surface area contributed by atoms with Crippen LogP contribution >= 0.6 is 0 Å². The average Bonchev–Trinajstić information content (AvgIpc) is 3.14. The minimum absolute atomic E-state index is 0.257. The quantitative estimate of drug-likeness (QED) is 0.673. The highest BCUT2D eigenvalue weighted by molar-refractivity contribution is 5.65. The molecule has 5 nitrogen and oxygen atoms in total. The lowest BCUT2D eigenvalue weighted by molar-refractivity contribution is 0.604. The van der Waals surface area contributed by atoms with E-state index < -0.39 is 0 Å². The van der Waals surface area contributed by atoms with Gasteiger partial charge in [0.2, 0.25) is 0 Å². The zero-order valence-electron chi connectivity index (χ0n) is 13.6. The molecular weight excluding hydrogens is 317 g/mol. The van der Waals surface area contributed by atoms with E-state index in [9.17, 15) is 4.39 Å². The molecule has 0 atom stereocenters. The second-order valence-corrected chi connectivity index (χ2v) is 5.47. The number of hydrogen-bond acceptors (Lipinski definition) is 4. The molecule has 0 fully saturated rings. The molecule has 0 amide bonds. The van der Waals surface area contributed by atoms with Gasteiger partial charge in [-0.15, -0.1) is 6.42 Å². The van der Waals surface area contributed by atoms with Gasteiger partial charge in [-0.2, -0.15) is 5.10 Å². The Balaban J connectivity index is 1.72. The molecule has 1 N–H and O–H groups in total. The zero-order chi connectivity index (χ0) is 17.5. The number of terminal acetylenes is 1. The van der Waals surface area contributed by atoms with Crippen LogP contribution in [-0.4, -0.2) is 27.9 Å². The van der Waals surface area contributed by atoms with Crippen molar-refractivity contribution in [1.82, 2.24) is 14.8 Å².